The number of hydrogen-bond acceptors (Lipinski definition) is 3. The summed E-state index contributed by atoms with van der Waals surface area (Å²) < 4.78 is 13.9. The third-order valence-electron chi connectivity index (χ3n) is 7.79. The number of hydrogen-bond donors (Lipinski definition) is 0. The molecule has 0 aliphatic heterocycles. The van der Waals surface area contributed by atoms with Gasteiger partial charge in [0.25, 0.3) is 0 Å². The lowest BCUT2D eigenvalue weighted by molar-refractivity contribution is -0.123. The van der Waals surface area contributed by atoms with Crippen LogP contribution < -0.4 is 0 Å². The van der Waals surface area contributed by atoms with Crippen LogP contribution >= 0.6 is 0 Å². The van der Waals surface area contributed by atoms with Crippen molar-refractivity contribution in [3.05, 3.63) is 71.4 Å². The van der Waals surface area contributed by atoms with Crippen molar-refractivity contribution in [2.75, 3.05) is 0 Å². The second-order valence-corrected chi connectivity index (χ2v) is 9.60. The first-order valence-electron chi connectivity index (χ1n) is 11.5. The van der Waals surface area contributed by atoms with Gasteiger partial charge >= 0.3 is 0 Å². The summed E-state index contributed by atoms with van der Waals surface area (Å²) in [5, 5.41) is 0.945. The molecule has 0 saturated heterocycles. The van der Waals surface area contributed by atoms with Gasteiger partial charge in [0.1, 0.15) is 11.6 Å². The van der Waals surface area contributed by atoms with E-state index in [0.717, 1.165) is 47.8 Å². The standard InChI is InChI=1S/C28H27FN2O/c1-3-18-4-6-24(31-16-18)15-28(32)17(2)19-10-20-12-22(13-21(20)11-19)25-8-9-30-27-7-5-23(29)14-26(25)27/h1,4-9,14,16-17,19-22H,10-13,15H2,2H3/t17?,19?,20-,21+,22?. The Labute approximate surface area is 188 Å². The quantitative estimate of drug-likeness (QED) is 0.490. The van der Waals surface area contributed by atoms with Crippen LogP contribution in [0.3, 0.4) is 0 Å². The Balaban J connectivity index is 1.23. The molecule has 1 aromatic carbocycles. The highest BCUT2D eigenvalue weighted by Crippen LogP contribution is 2.54. The number of benzene rings is 1. The number of halogens is 1. The first-order valence-corrected chi connectivity index (χ1v) is 11.5. The van der Waals surface area contributed by atoms with Crippen molar-refractivity contribution in [1.82, 2.24) is 9.97 Å². The molecule has 0 amide bonds. The molecule has 2 fully saturated rings. The largest absolute Gasteiger partial charge is 0.299 e. The minimum absolute atomic E-state index is 0.0454. The summed E-state index contributed by atoms with van der Waals surface area (Å²) >= 11 is 0. The molecule has 2 aliphatic carbocycles. The molecule has 0 N–H and O–H groups in total. The van der Waals surface area contributed by atoms with Gasteiger partial charge in [0.2, 0.25) is 0 Å². The number of Topliss-reactive ketones (excluding diaryl/α,β-unsaturated/α-hetero) is 1. The molecule has 162 valence electrons. The molecule has 0 bridgehead atoms. The van der Waals surface area contributed by atoms with E-state index in [9.17, 15) is 9.18 Å². The Morgan fingerprint density at radius 1 is 1.12 bits per heavy atom. The van der Waals surface area contributed by atoms with Gasteiger partial charge in [-0.2, -0.15) is 0 Å². The lowest BCUT2D eigenvalue weighted by atomic mass is 9.83. The number of carbonyl (C=O) groups excluding carboxylic acids is 1. The fourth-order valence-corrected chi connectivity index (χ4v) is 6.04. The summed E-state index contributed by atoms with van der Waals surface area (Å²) in [6.45, 7) is 2.08. The fraction of sp³-hybridized carbons (Fsp3) is 0.393. The third-order valence-corrected chi connectivity index (χ3v) is 7.79. The van der Waals surface area contributed by atoms with Gasteiger partial charge in [0, 0.05) is 41.4 Å². The number of rotatable bonds is 5. The van der Waals surface area contributed by atoms with Crippen LogP contribution in [0.5, 0.6) is 0 Å². The number of ketones is 1. The van der Waals surface area contributed by atoms with E-state index >= 15 is 0 Å². The smallest absolute Gasteiger partial charge is 0.141 e. The molecule has 4 heteroatoms. The second kappa shape index (κ2) is 8.47. The van der Waals surface area contributed by atoms with E-state index in [1.807, 2.05) is 18.3 Å². The van der Waals surface area contributed by atoms with E-state index in [4.69, 9.17) is 6.42 Å². The third kappa shape index (κ3) is 3.93. The highest BCUT2D eigenvalue weighted by Gasteiger charge is 2.44. The molecule has 3 aromatic rings. The number of nitrogens with zero attached hydrogens (tertiary/aromatic N) is 2. The van der Waals surface area contributed by atoms with Gasteiger partial charge in [0.05, 0.1) is 5.52 Å². The van der Waals surface area contributed by atoms with Crippen LogP contribution in [0.25, 0.3) is 10.9 Å². The van der Waals surface area contributed by atoms with Crippen LogP contribution in [0.1, 0.15) is 55.3 Å². The molecule has 2 aromatic heterocycles. The number of fused-ring (bicyclic) bond motifs is 2. The minimum Gasteiger partial charge on any atom is -0.299 e. The zero-order valence-electron chi connectivity index (χ0n) is 18.3. The Hall–Kier alpha value is -3.06. The van der Waals surface area contributed by atoms with Crippen LogP contribution in [0.4, 0.5) is 4.39 Å². The van der Waals surface area contributed by atoms with Gasteiger partial charge in [-0.05, 0) is 91.3 Å². The van der Waals surface area contributed by atoms with Crippen LogP contribution in [0.2, 0.25) is 0 Å². The van der Waals surface area contributed by atoms with E-state index in [0.29, 0.717) is 30.1 Å². The first kappa shape index (κ1) is 20.8. The van der Waals surface area contributed by atoms with Crippen molar-refractivity contribution >= 4 is 16.7 Å². The van der Waals surface area contributed by atoms with Crippen molar-refractivity contribution in [1.29, 1.82) is 0 Å². The van der Waals surface area contributed by atoms with Crippen LogP contribution in [-0.4, -0.2) is 15.8 Å². The van der Waals surface area contributed by atoms with Gasteiger partial charge in [-0.1, -0.05) is 12.8 Å². The average molecular weight is 427 g/mol. The highest BCUT2D eigenvalue weighted by atomic mass is 19.1. The predicted molar refractivity (Wildman–Crippen MR) is 123 cm³/mol. The van der Waals surface area contributed by atoms with E-state index in [1.54, 1.807) is 18.3 Å². The Kier molecular flexibility index (Phi) is 5.51. The summed E-state index contributed by atoms with van der Waals surface area (Å²) in [5.74, 6) is 4.83. The SMILES string of the molecule is C#Cc1ccc(CC(=O)C(C)C2C[C@H]3CC(c4ccnc5ccc(F)cc45)C[C@H]3C2)nc1. The van der Waals surface area contributed by atoms with Crippen molar-refractivity contribution in [2.45, 2.75) is 44.9 Å². The van der Waals surface area contributed by atoms with Gasteiger partial charge in [-0.15, -0.1) is 6.42 Å². The zero-order valence-corrected chi connectivity index (χ0v) is 18.3. The highest BCUT2D eigenvalue weighted by molar-refractivity contribution is 5.83. The van der Waals surface area contributed by atoms with Gasteiger partial charge < -0.3 is 0 Å². The normalized spacial score (nSPS) is 25.4. The Morgan fingerprint density at radius 3 is 2.59 bits per heavy atom. The van der Waals surface area contributed by atoms with Crippen LogP contribution in [0, 0.1) is 41.8 Å². The lowest BCUT2D eigenvalue weighted by Crippen LogP contribution is -2.22. The van der Waals surface area contributed by atoms with E-state index in [1.165, 1.54) is 11.6 Å². The van der Waals surface area contributed by atoms with Gasteiger partial charge in [0.15, 0.2) is 0 Å². The van der Waals surface area contributed by atoms with E-state index in [-0.39, 0.29) is 17.5 Å². The van der Waals surface area contributed by atoms with Crippen LogP contribution in [0.15, 0.2) is 48.8 Å². The number of terminal acetylenes is 1. The number of carbonyl (C=O) groups is 1. The van der Waals surface area contributed by atoms with Gasteiger partial charge in [-0.3, -0.25) is 14.8 Å². The Bertz CT molecular complexity index is 1180. The zero-order chi connectivity index (χ0) is 22.2. The Morgan fingerprint density at radius 2 is 1.91 bits per heavy atom. The molecule has 3 nitrogen and oxygen atoms in total. The summed E-state index contributed by atoms with van der Waals surface area (Å²) in [6.07, 6.45) is 13.7. The molecular formula is C28H27FN2O. The summed E-state index contributed by atoms with van der Waals surface area (Å²) in [7, 11) is 0. The molecule has 2 saturated carbocycles. The second-order valence-electron chi connectivity index (χ2n) is 9.60. The molecular weight excluding hydrogens is 399 g/mol. The van der Waals surface area contributed by atoms with Gasteiger partial charge in [-0.25, -0.2) is 4.39 Å². The molecule has 2 aliphatic rings. The average Bonchev–Trinajstić information content (AvgIpc) is 3.38. The summed E-state index contributed by atoms with van der Waals surface area (Å²) in [6, 6.07) is 10.6. The minimum atomic E-state index is -0.208. The summed E-state index contributed by atoms with van der Waals surface area (Å²) in [4.78, 5) is 21.7. The maximum absolute atomic E-state index is 13.9. The molecule has 5 rings (SSSR count). The maximum Gasteiger partial charge on any atom is 0.141 e. The molecule has 0 spiro atoms. The van der Waals surface area contributed by atoms with E-state index < -0.39 is 0 Å². The topological polar surface area (TPSA) is 42.9 Å². The molecule has 0 radical (unpaired) electrons. The number of pyridine rings is 2. The monoisotopic (exact) mass is 426 g/mol. The van der Waals surface area contributed by atoms with E-state index in [2.05, 4.69) is 28.9 Å². The molecule has 5 atom stereocenters. The van der Waals surface area contributed by atoms with Crippen LogP contribution in [-0.2, 0) is 11.2 Å². The fourth-order valence-electron chi connectivity index (χ4n) is 6.04. The van der Waals surface area contributed by atoms with Crippen molar-refractivity contribution in [3.8, 4) is 12.3 Å². The van der Waals surface area contributed by atoms with Crippen molar-refractivity contribution in [2.24, 2.45) is 23.7 Å². The first-order chi connectivity index (χ1) is 15.5. The molecule has 32 heavy (non-hydrogen) atoms. The predicted octanol–water partition coefficient (Wildman–Crippen LogP) is 5.72. The van der Waals surface area contributed by atoms with Crippen molar-refractivity contribution < 1.29 is 9.18 Å². The van der Waals surface area contributed by atoms with Crippen molar-refractivity contribution in [3.63, 3.8) is 0 Å². The molecule has 2 heterocycles. The molecule has 3 unspecified atom stereocenters. The lowest BCUT2D eigenvalue weighted by Gasteiger charge is -2.21. The summed E-state index contributed by atoms with van der Waals surface area (Å²) in [5.41, 5.74) is 3.61. The maximum atomic E-state index is 13.9. The number of aromatic nitrogens is 2.